The molecular weight excluding hydrogens is 362 g/mol. The van der Waals surface area contributed by atoms with E-state index >= 15 is 0 Å². The van der Waals surface area contributed by atoms with Crippen LogP contribution in [0.2, 0.25) is 0 Å². The number of benzene rings is 1. The van der Waals surface area contributed by atoms with Crippen LogP contribution in [0.15, 0.2) is 79.4 Å². The molecule has 0 saturated carbocycles. The molecule has 0 amide bonds. The highest BCUT2D eigenvalue weighted by Gasteiger charge is 2.22. The van der Waals surface area contributed by atoms with Crippen molar-refractivity contribution in [2.45, 2.75) is 12.6 Å². The molecule has 4 heterocycles. The fourth-order valence-electron chi connectivity index (χ4n) is 3.82. The van der Waals surface area contributed by atoms with Crippen LogP contribution in [-0.4, -0.2) is 44.9 Å². The third kappa shape index (κ3) is 3.60. The molecule has 3 aromatic heterocycles. The van der Waals surface area contributed by atoms with E-state index in [0.717, 1.165) is 54.7 Å². The summed E-state index contributed by atoms with van der Waals surface area (Å²) in [7, 11) is 0. The molecule has 0 bridgehead atoms. The summed E-state index contributed by atoms with van der Waals surface area (Å²) in [5.74, 6) is 0.884. The predicted molar refractivity (Wildman–Crippen MR) is 113 cm³/mol. The zero-order valence-electron chi connectivity index (χ0n) is 16.1. The van der Waals surface area contributed by atoms with Gasteiger partial charge < -0.3 is 14.6 Å². The fourth-order valence-corrected chi connectivity index (χ4v) is 3.82. The molecule has 0 unspecified atom stereocenters. The van der Waals surface area contributed by atoms with Crippen molar-refractivity contribution in [3.8, 4) is 28.5 Å². The van der Waals surface area contributed by atoms with Gasteiger partial charge in [-0.05, 0) is 24.3 Å². The molecular formula is C23H23N5O. The summed E-state index contributed by atoms with van der Waals surface area (Å²) in [6.45, 7) is 3.24. The number of nitrogens with zero attached hydrogens (tertiary/aromatic N) is 4. The average molecular weight is 385 g/mol. The lowest BCUT2D eigenvalue weighted by atomic mass is 10.1. The van der Waals surface area contributed by atoms with Crippen LogP contribution in [0.4, 0.5) is 0 Å². The number of hydrogen-bond donors (Lipinski definition) is 1. The van der Waals surface area contributed by atoms with Gasteiger partial charge in [-0.1, -0.05) is 36.4 Å². The van der Waals surface area contributed by atoms with Gasteiger partial charge in [0.05, 0.1) is 42.7 Å². The van der Waals surface area contributed by atoms with Crippen molar-refractivity contribution >= 4 is 0 Å². The molecule has 1 aromatic carbocycles. The van der Waals surface area contributed by atoms with Crippen LogP contribution < -0.4 is 5.32 Å². The minimum Gasteiger partial charge on any atom is -0.374 e. The molecule has 6 heteroatoms. The van der Waals surface area contributed by atoms with Crippen LogP contribution in [0.25, 0.3) is 28.5 Å². The van der Waals surface area contributed by atoms with Crippen molar-refractivity contribution in [2.75, 3.05) is 19.7 Å². The molecule has 1 aliphatic rings. The van der Waals surface area contributed by atoms with E-state index in [1.54, 1.807) is 0 Å². The SMILES string of the molecule is c1ccc(-c2ncn(C[C@H]3CNCCO3)c2-c2cccn2-c2ccccn2)cc1. The van der Waals surface area contributed by atoms with Crippen LogP contribution in [0.1, 0.15) is 0 Å². The van der Waals surface area contributed by atoms with Gasteiger partial charge in [-0.2, -0.15) is 0 Å². The van der Waals surface area contributed by atoms with Crippen LogP contribution in [0.5, 0.6) is 0 Å². The largest absolute Gasteiger partial charge is 0.374 e. The minimum absolute atomic E-state index is 0.124. The van der Waals surface area contributed by atoms with E-state index in [0.29, 0.717) is 0 Å². The number of pyridine rings is 1. The molecule has 1 saturated heterocycles. The first kappa shape index (κ1) is 17.8. The summed E-state index contributed by atoms with van der Waals surface area (Å²) >= 11 is 0. The van der Waals surface area contributed by atoms with Crippen molar-refractivity contribution in [3.05, 3.63) is 79.4 Å². The summed E-state index contributed by atoms with van der Waals surface area (Å²) < 4.78 is 10.3. The number of morpholine rings is 1. The Morgan fingerprint density at radius 3 is 2.69 bits per heavy atom. The lowest BCUT2D eigenvalue weighted by Crippen LogP contribution is -2.40. The first-order valence-corrected chi connectivity index (χ1v) is 9.92. The van der Waals surface area contributed by atoms with E-state index in [9.17, 15) is 0 Å². The first-order valence-electron chi connectivity index (χ1n) is 9.92. The Kier molecular flexibility index (Phi) is 4.94. The maximum absolute atomic E-state index is 5.95. The summed E-state index contributed by atoms with van der Waals surface area (Å²) in [5, 5.41) is 3.41. The Bertz CT molecular complexity index is 1070. The lowest BCUT2D eigenvalue weighted by molar-refractivity contribution is 0.0184. The van der Waals surface area contributed by atoms with E-state index in [1.165, 1.54) is 0 Å². The molecule has 146 valence electrons. The molecule has 4 aromatic rings. The monoisotopic (exact) mass is 385 g/mol. The Morgan fingerprint density at radius 1 is 1.00 bits per heavy atom. The molecule has 1 atom stereocenters. The highest BCUT2D eigenvalue weighted by Crippen LogP contribution is 2.33. The highest BCUT2D eigenvalue weighted by molar-refractivity contribution is 5.78. The Labute approximate surface area is 169 Å². The average Bonchev–Trinajstić information content (AvgIpc) is 3.42. The van der Waals surface area contributed by atoms with Crippen LogP contribution in [0.3, 0.4) is 0 Å². The molecule has 1 N–H and O–H groups in total. The molecule has 29 heavy (non-hydrogen) atoms. The predicted octanol–water partition coefficient (Wildman–Crippen LogP) is 3.39. The van der Waals surface area contributed by atoms with Gasteiger partial charge in [0.25, 0.3) is 0 Å². The molecule has 0 radical (unpaired) electrons. The van der Waals surface area contributed by atoms with Gasteiger partial charge in [-0.3, -0.25) is 4.57 Å². The number of rotatable bonds is 5. The number of imidazole rings is 1. The van der Waals surface area contributed by atoms with E-state index in [-0.39, 0.29) is 6.10 Å². The summed E-state index contributed by atoms with van der Waals surface area (Å²) in [6, 6.07) is 20.4. The highest BCUT2D eigenvalue weighted by atomic mass is 16.5. The Balaban J connectivity index is 1.62. The zero-order valence-corrected chi connectivity index (χ0v) is 16.1. The van der Waals surface area contributed by atoms with E-state index in [1.807, 2.05) is 55.1 Å². The van der Waals surface area contributed by atoms with Crippen molar-refractivity contribution < 1.29 is 4.74 Å². The Morgan fingerprint density at radius 2 is 1.90 bits per heavy atom. The second-order valence-corrected chi connectivity index (χ2v) is 7.11. The topological polar surface area (TPSA) is 56.9 Å². The van der Waals surface area contributed by atoms with Gasteiger partial charge >= 0.3 is 0 Å². The smallest absolute Gasteiger partial charge is 0.137 e. The van der Waals surface area contributed by atoms with Gasteiger partial charge in [0.2, 0.25) is 0 Å². The minimum atomic E-state index is 0.124. The lowest BCUT2D eigenvalue weighted by Gasteiger charge is -2.25. The molecule has 0 aliphatic carbocycles. The maximum Gasteiger partial charge on any atom is 0.137 e. The van der Waals surface area contributed by atoms with Gasteiger partial charge in [-0.25, -0.2) is 9.97 Å². The van der Waals surface area contributed by atoms with Crippen molar-refractivity contribution in [1.29, 1.82) is 0 Å². The Hall–Kier alpha value is -3.22. The number of aromatic nitrogens is 4. The third-order valence-electron chi connectivity index (χ3n) is 5.18. The molecule has 1 fully saturated rings. The molecule has 6 nitrogen and oxygen atoms in total. The standard InChI is InChI=1S/C23H23N5O/c1-2-7-18(8-3-1)22-23(27(17-26-22)16-19-15-24-12-14-29-19)20-9-6-13-28(20)21-10-4-5-11-25-21/h1-11,13,17,19,24H,12,14-16H2/t19-/m1/s1. The maximum atomic E-state index is 5.95. The van der Waals surface area contributed by atoms with Gasteiger partial charge in [0, 0.05) is 31.0 Å². The summed E-state index contributed by atoms with van der Waals surface area (Å²) in [4.78, 5) is 9.33. The van der Waals surface area contributed by atoms with Crippen LogP contribution >= 0.6 is 0 Å². The quantitative estimate of drug-likeness (QED) is 0.572. The van der Waals surface area contributed by atoms with Crippen molar-refractivity contribution in [2.24, 2.45) is 0 Å². The van der Waals surface area contributed by atoms with E-state index < -0.39 is 0 Å². The summed E-state index contributed by atoms with van der Waals surface area (Å²) in [5.41, 5.74) is 4.19. The van der Waals surface area contributed by atoms with Crippen LogP contribution in [0, 0.1) is 0 Å². The number of hydrogen-bond acceptors (Lipinski definition) is 4. The third-order valence-corrected chi connectivity index (χ3v) is 5.18. The second-order valence-electron chi connectivity index (χ2n) is 7.11. The van der Waals surface area contributed by atoms with Crippen molar-refractivity contribution in [1.82, 2.24) is 24.4 Å². The zero-order chi connectivity index (χ0) is 19.5. The molecule has 0 spiro atoms. The number of ether oxygens (including phenoxy) is 1. The normalized spacial score (nSPS) is 16.8. The van der Waals surface area contributed by atoms with Gasteiger partial charge in [0.15, 0.2) is 0 Å². The first-order chi connectivity index (χ1) is 14.4. The van der Waals surface area contributed by atoms with Crippen molar-refractivity contribution in [3.63, 3.8) is 0 Å². The second kappa shape index (κ2) is 8.03. The van der Waals surface area contributed by atoms with Gasteiger partial charge in [0.1, 0.15) is 5.82 Å². The number of nitrogens with one attached hydrogen (secondary N) is 1. The van der Waals surface area contributed by atoms with E-state index in [2.05, 4.69) is 43.7 Å². The molecule has 1 aliphatic heterocycles. The van der Waals surface area contributed by atoms with Gasteiger partial charge in [-0.15, -0.1) is 0 Å². The van der Waals surface area contributed by atoms with E-state index in [4.69, 9.17) is 9.72 Å². The fraction of sp³-hybridized carbons (Fsp3) is 0.217. The molecule has 5 rings (SSSR count). The van der Waals surface area contributed by atoms with Crippen LogP contribution in [-0.2, 0) is 11.3 Å². The summed E-state index contributed by atoms with van der Waals surface area (Å²) in [6.07, 6.45) is 5.91.